The van der Waals surface area contributed by atoms with E-state index in [4.69, 9.17) is 17.2 Å². The van der Waals surface area contributed by atoms with Crippen molar-refractivity contribution in [2.24, 2.45) is 5.92 Å². The van der Waals surface area contributed by atoms with E-state index in [9.17, 15) is 4.79 Å². The number of carbonyl (C=O) groups is 1. The maximum absolute atomic E-state index is 12.8. The highest BCUT2D eigenvalue weighted by Gasteiger charge is 2.23. The molecule has 1 fully saturated rings. The van der Waals surface area contributed by atoms with Crippen molar-refractivity contribution < 1.29 is 4.79 Å². The van der Waals surface area contributed by atoms with Crippen LogP contribution in [0, 0.1) is 10.7 Å². The zero-order chi connectivity index (χ0) is 19.3. The van der Waals surface area contributed by atoms with Gasteiger partial charge in [0.05, 0.1) is 16.6 Å². The first-order chi connectivity index (χ1) is 13.6. The van der Waals surface area contributed by atoms with Gasteiger partial charge in [0.1, 0.15) is 5.65 Å². The molecule has 4 aromatic rings. The van der Waals surface area contributed by atoms with Crippen molar-refractivity contribution >= 4 is 45.7 Å². The van der Waals surface area contributed by atoms with E-state index in [1.807, 2.05) is 46.9 Å². The summed E-state index contributed by atoms with van der Waals surface area (Å²) in [6, 6.07) is 13.9. The normalized spacial score (nSPS) is 20.0. The molecule has 0 radical (unpaired) electrons. The molecule has 6 heteroatoms. The number of nitrogens with zero attached hydrogens (tertiary/aromatic N) is 2. The fourth-order valence-corrected chi connectivity index (χ4v) is 4.64. The number of amides is 1. The van der Waals surface area contributed by atoms with Crippen molar-refractivity contribution in [3.05, 3.63) is 52.8 Å². The van der Waals surface area contributed by atoms with Crippen molar-refractivity contribution in [1.82, 2.24) is 19.7 Å². The van der Waals surface area contributed by atoms with Gasteiger partial charge in [-0.05, 0) is 61.3 Å². The molecule has 0 saturated heterocycles. The molecule has 1 saturated carbocycles. The second kappa shape index (κ2) is 6.71. The molecule has 142 valence electrons. The summed E-state index contributed by atoms with van der Waals surface area (Å²) in [6.45, 7) is 2.22. The third kappa shape index (κ3) is 2.79. The first-order valence-electron chi connectivity index (χ1n) is 9.86. The van der Waals surface area contributed by atoms with Crippen LogP contribution in [-0.2, 0) is 0 Å². The third-order valence-corrected chi connectivity index (χ3v) is 6.24. The van der Waals surface area contributed by atoms with Gasteiger partial charge in [0.15, 0.2) is 4.77 Å². The van der Waals surface area contributed by atoms with E-state index in [0.29, 0.717) is 16.3 Å². The molecule has 0 bridgehead atoms. The Hall–Kier alpha value is -2.73. The smallest absolute Gasteiger partial charge is 0.251 e. The number of aromatic amines is 1. The highest BCUT2D eigenvalue weighted by Crippen LogP contribution is 2.26. The summed E-state index contributed by atoms with van der Waals surface area (Å²) in [6.07, 6.45) is 4.69. The van der Waals surface area contributed by atoms with Crippen LogP contribution in [0.5, 0.6) is 0 Å². The van der Waals surface area contributed by atoms with Crippen LogP contribution in [-0.4, -0.2) is 26.3 Å². The van der Waals surface area contributed by atoms with Crippen molar-refractivity contribution in [2.45, 2.75) is 38.6 Å². The van der Waals surface area contributed by atoms with Crippen molar-refractivity contribution in [3.8, 4) is 0 Å². The Balaban J connectivity index is 1.57. The van der Waals surface area contributed by atoms with Crippen molar-refractivity contribution in [1.29, 1.82) is 0 Å². The molecule has 0 aliphatic heterocycles. The number of nitrogens with one attached hydrogen (secondary N) is 2. The van der Waals surface area contributed by atoms with Crippen LogP contribution in [0.25, 0.3) is 27.6 Å². The molecular formula is C22H22N4OS. The molecule has 1 aliphatic rings. The van der Waals surface area contributed by atoms with E-state index in [0.717, 1.165) is 34.0 Å². The molecule has 2 aromatic heterocycles. The highest BCUT2D eigenvalue weighted by atomic mass is 32.1. The molecule has 2 N–H and O–H groups in total. The molecule has 0 spiro atoms. The zero-order valence-electron chi connectivity index (χ0n) is 15.7. The summed E-state index contributed by atoms with van der Waals surface area (Å²) in [7, 11) is 0. The summed E-state index contributed by atoms with van der Waals surface area (Å²) >= 11 is 5.58. The third-order valence-electron chi connectivity index (χ3n) is 5.96. The van der Waals surface area contributed by atoms with Crippen molar-refractivity contribution in [2.75, 3.05) is 0 Å². The van der Waals surface area contributed by atoms with Crippen LogP contribution in [0.3, 0.4) is 0 Å². The molecule has 2 heterocycles. The topological polar surface area (TPSA) is 62.2 Å². The van der Waals surface area contributed by atoms with Gasteiger partial charge in [-0.25, -0.2) is 4.98 Å². The first-order valence-corrected chi connectivity index (χ1v) is 10.3. The minimum absolute atomic E-state index is 0.0201. The van der Waals surface area contributed by atoms with Crippen LogP contribution in [0.4, 0.5) is 0 Å². The lowest BCUT2D eigenvalue weighted by Gasteiger charge is -2.29. The highest BCUT2D eigenvalue weighted by molar-refractivity contribution is 7.71. The molecule has 28 heavy (non-hydrogen) atoms. The number of hydrogen-bond donors (Lipinski definition) is 2. The van der Waals surface area contributed by atoms with E-state index in [2.05, 4.69) is 17.2 Å². The number of H-pyrrole nitrogens is 1. The minimum atomic E-state index is -0.0201. The number of fused-ring (bicyclic) bond motifs is 5. The van der Waals surface area contributed by atoms with E-state index in [1.165, 1.54) is 19.3 Å². The Morgan fingerprint density at radius 3 is 2.89 bits per heavy atom. The summed E-state index contributed by atoms with van der Waals surface area (Å²) in [4.78, 5) is 20.9. The number of rotatable bonds is 2. The van der Waals surface area contributed by atoms with Gasteiger partial charge in [0, 0.05) is 17.0 Å². The van der Waals surface area contributed by atoms with Gasteiger partial charge in [-0.3, -0.25) is 9.20 Å². The number of para-hydroxylation sites is 2. The lowest BCUT2D eigenvalue weighted by Crippen LogP contribution is -2.41. The Morgan fingerprint density at radius 2 is 2.04 bits per heavy atom. The predicted octanol–water partition coefficient (Wildman–Crippen LogP) is 5.01. The lowest BCUT2D eigenvalue weighted by molar-refractivity contribution is 0.0910. The van der Waals surface area contributed by atoms with E-state index >= 15 is 0 Å². The van der Waals surface area contributed by atoms with Gasteiger partial charge in [0.2, 0.25) is 0 Å². The molecule has 2 unspecified atom stereocenters. The van der Waals surface area contributed by atoms with E-state index in [-0.39, 0.29) is 11.9 Å². The predicted molar refractivity (Wildman–Crippen MR) is 114 cm³/mol. The molecule has 1 amide bonds. The standard InChI is InChI=1S/C22H22N4OS/c1-13-6-2-3-7-16(13)24-21(27)14-10-11-15-18(12-14)25-22(28)26-19-9-5-4-8-17(19)23-20(15)26/h4-5,8-13,16H,2-3,6-7H2,1H3,(H,24,27)(H,25,28). The second-order valence-corrected chi connectivity index (χ2v) is 8.18. The average molecular weight is 391 g/mol. The Bertz CT molecular complexity index is 1270. The fraction of sp³-hybridized carbons (Fsp3) is 0.318. The van der Waals surface area contributed by atoms with Gasteiger partial charge in [0.25, 0.3) is 5.91 Å². The number of hydrogen-bond acceptors (Lipinski definition) is 3. The van der Waals surface area contributed by atoms with Gasteiger partial charge in [-0.1, -0.05) is 31.9 Å². The fourth-order valence-electron chi connectivity index (χ4n) is 4.35. The molecule has 1 aliphatic carbocycles. The molecule has 2 aromatic carbocycles. The maximum atomic E-state index is 12.8. The van der Waals surface area contributed by atoms with Crippen LogP contribution >= 0.6 is 12.2 Å². The second-order valence-electron chi connectivity index (χ2n) is 7.79. The van der Waals surface area contributed by atoms with E-state index in [1.54, 1.807) is 0 Å². The number of benzene rings is 2. The molecule has 2 atom stereocenters. The molecule has 5 rings (SSSR count). The Morgan fingerprint density at radius 1 is 1.21 bits per heavy atom. The average Bonchev–Trinajstić information content (AvgIpc) is 3.10. The van der Waals surface area contributed by atoms with Gasteiger partial charge >= 0.3 is 0 Å². The maximum Gasteiger partial charge on any atom is 0.251 e. The minimum Gasteiger partial charge on any atom is -0.349 e. The van der Waals surface area contributed by atoms with Crippen LogP contribution < -0.4 is 5.32 Å². The van der Waals surface area contributed by atoms with Gasteiger partial charge in [-0.2, -0.15) is 0 Å². The Kier molecular flexibility index (Phi) is 4.16. The first kappa shape index (κ1) is 17.4. The van der Waals surface area contributed by atoms with Crippen molar-refractivity contribution in [3.63, 3.8) is 0 Å². The van der Waals surface area contributed by atoms with Crippen LogP contribution in [0.1, 0.15) is 43.0 Å². The van der Waals surface area contributed by atoms with Gasteiger partial charge < -0.3 is 10.3 Å². The van der Waals surface area contributed by atoms with E-state index < -0.39 is 0 Å². The lowest BCUT2D eigenvalue weighted by atomic mass is 9.86. The van der Waals surface area contributed by atoms with Crippen LogP contribution in [0.15, 0.2) is 42.5 Å². The SMILES string of the molecule is CC1CCCCC1NC(=O)c1ccc2c(c1)[nH]c(=S)n1c3ccccc3nc21. The summed E-state index contributed by atoms with van der Waals surface area (Å²) < 4.78 is 2.53. The zero-order valence-corrected chi connectivity index (χ0v) is 16.6. The monoisotopic (exact) mass is 390 g/mol. The Labute approximate surface area is 167 Å². The molecule has 5 nitrogen and oxygen atoms in total. The summed E-state index contributed by atoms with van der Waals surface area (Å²) in [5.41, 5.74) is 4.18. The molecular weight excluding hydrogens is 368 g/mol. The summed E-state index contributed by atoms with van der Waals surface area (Å²) in [5.74, 6) is 0.509. The van der Waals surface area contributed by atoms with Crippen LogP contribution in [0.2, 0.25) is 0 Å². The quantitative estimate of drug-likeness (QED) is 0.473. The number of aromatic nitrogens is 3. The summed E-state index contributed by atoms with van der Waals surface area (Å²) in [5, 5.41) is 4.17. The largest absolute Gasteiger partial charge is 0.349 e. The number of carbonyl (C=O) groups excluding carboxylic acids is 1. The van der Waals surface area contributed by atoms with Gasteiger partial charge in [-0.15, -0.1) is 0 Å². The number of imidazole rings is 1.